The van der Waals surface area contributed by atoms with Gasteiger partial charge in [-0.3, -0.25) is 52.7 Å². The second kappa shape index (κ2) is 32.7. The smallest absolute Gasteiger partial charge is 0.246 e. The highest BCUT2D eigenvalue weighted by molar-refractivity contribution is 6.00. The van der Waals surface area contributed by atoms with E-state index in [0.29, 0.717) is 56.6 Å². The van der Waals surface area contributed by atoms with Gasteiger partial charge in [0.25, 0.3) is 0 Å². The number of Topliss-reactive ketones (excluding diaryl/α,β-unsaturated/α-hetero) is 1. The molecule has 2 fully saturated rings. The van der Waals surface area contributed by atoms with Crippen molar-refractivity contribution in [3.05, 3.63) is 142 Å². The van der Waals surface area contributed by atoms with E-state index in [-0.39, 0.29) is 97.2 Å². The molecule has 100 heavy (non-hydrogen) atoms. The monoisotopic (exact) mass is 1380 g/mol. The van der Waals surface area contributed by atoms with Crippen LogP contribution in [-0.4, -0.2) is 185 Å². The number of nitrogens with one attached hydrogen (secondary N) is 8. The molecule has 6 heterocycles. The molecule has 0 aliphatic carbocycles. The number of hydrogen-bond acceptors (Lipinski definition) is 16. The lowest BCUT2D eigenvalue weighted by atomic mass is 9.88. The zero-order chi connectivity index (χ0) is 71.4. The van der Waals surface area contributed by atoms with E-state index in [1.807, 2.05) is 4.57 Å². The molecular weight excluding hydrogens is 1290 g/mol. The maximum absolute atomic E-state index is 16.0. The summed E-state index contributed by atoms with van der Waals surface area (Å²) >= 11 is 0. The van der Waals surface area contributed by atoms with Crippen molar-refractivity contribution in [1.29, 1.82) is 0 Å². The Morgan fingerprint density at radius 1 is 0.720 bits per heavy atom. The molecule has 5 aromatic rings. The Morgan fingerprint density at radius 3 is 2.25 bits per heavy atom. The predicted molar refractivity (Wildman–Crippen MR) is 362 cm³/mol. The van der Waals surface area contributed by atoms with Crippen LogP contribution in [0.5, 0.6) is 11.5 Å². The Kier molecular flexibility index (Phi) is 23.8. The van der Waals surface area contributed by atoms with Crippen molar-refractivity contribution >= 4 is 75.8 Å². The number of ketones is 1. The molecule has 0 saturated carbocycles. The highest BCUT2D eigenvalue weighted by atomic mass is 19.1. The van der Waals surface area contributed by atoms with Crippen molar-refractivity contribution in [2.24, 2.45) is 11.7 Å². The van der Waals surface area contributed by atoms with E-state index in [1.54, 1.807) is 98.1 Å². The SMILES string of the molecule is COc1ccc(CC2NC(=O)C(C(C)O)NC(=O)C3C4CCN3C(=O)C3CC(=O)C(Cc5cccc(c5)CNC(=O)CO4)NC(=O)C(CN)NC(=O)C(C)NC(=O)CCC(=O)NCc4ccc(cc4OCC=CCn4cc(c5cc(F)ccc54)C3)CCNC(=O)C3(C)CCCN3C2=O)cc1. The molecule has 5 aliphatic heterocycles. The molecule has 10 unspecified atom stereocenters. The molecule has 11 bridgehead atoms. The van der Waals surface area contributed by atoms with Crippen LogP contribution in [0, 0.1) is 11.7 Å². The Bertz CT molecular complexity index is 3950. The molecule has 27 nitrogen and oxygen atoms in total. The van der Waals surface area contributed by atoms with Gasteiger partial charge in [0.1, 0.15) is 66.3 Å². The average Bonchev–Trinajstić information content (AvgIpc) is 1.60. The number of aliphatic hydroxyl groups is 1. The van der Waals surface area contributed by atoms with E-state index in [4.69, 9.17) is 19.9 Å². The summed E-state index contributed by atoms with van der Waals surface area (Å²) < 4.78 is 35.5. The molecule has 1 aromatic heterocycles. The molecule has 10 rings (SSSR count). The molecule has 532 valence electrons. The molecule has 0 spiro atoms. The number of halogens is 1. The van der Waals surface area contributed by atoms with E-state index < -0.39 is 150 Å². The molecule has 2 saturated heterocycles. The molecule has 5 aliphatic rings. The van der Waals surface area contributed by atoms with E-state index in [2.05, 4.69) is 42.5 Å². The van der Waals surface area contributed by atoms with E-state index in [1.165, 1.54) is 42.9 Å². The minimum absolute atomic E-state index is 0.000519. The second-order valence-electron chi connectivity index (χ2n) is 26.3. The van der Waals surface area contributed by atoms with Crippen LogP contribution in [0.2, 0.25) is 0 Å². The number of nitrogens with zero attached hydrogens (tertiary/aromatic N) is 3. The highest BCUT2D eigenvalue weighted by Crippen LogP contribution is 2.34. The quantitative estimate of drug-likeness (QED) is 0.109. The zero-order valence-corrected chi connectivity index (χ0v) is 56.4. The van der Waals surface area contributed by atoms with E-state index in [0.717, 1.165) is 5.56 Å². The first-order valence-electron chi connectivity index (χ1n) is 33.8. The number of benzene rings is 4. The van der Waals surface area contributed by atoms with Crippen LogP contribution in [0.1, 0.15) is 92.7 Å². The van der Waals surface area contributed by atoms with Crippen LogP contribution in [0.25, 0.3) is 10.9 Å². The summed E-state index contributed by atoms with van der Waals surface area (Å²) in [6.45, 7) is 3.26. The lowest BCUT2D eigenvalue weighted by molar-refractivity contribution is -0.148. The fourth-order valence-electron chi connectivity index (χ4n) is 13.5. The van der Waals surface area contributed by atoms with Crippen molar-refractivity contribution < 1.29 is 76.4 Å². The van der Waals surface area contributed by atoms with E-state index in [9.17, 15) is 33.9 Å². The van der Waals surface area contributed by atoms with Gasteiger partial charge in [0.2, 0.25) is 59.1 Å². The van der Waals surface area contributed by atoms with Gasteiger partial charge in [0, 0.05) is 100 Å². The third kappa shape index (κ3) is 17.7. The molecular formula is C72H87FN12O15. The summed E-state index contributed by atoms with van der Waals surface area (Å²) in [7, 11) is 1.49. The lowest BCUT2D eigenvalue weighted by Gasteiger charge is -2.37. The number of allylic oxidation sites excluding steroid dienone is 1. The van der Waals surface area contributed by atoms with E-state index >= 15 is 28.4 Å². The van der Waals surface area contributed by atoms with Crippen LogP contribution in [0.15, 0.2) is 103 Å². The number of nitrogens with two attached hydrogens (primary N) is 1. The number of fused-ring (bicyclic) bond motifs is 10. The standard InChI is InChI=1S/C72H87FN12O15/c1-41-65(91)81-55(36-74)66(92)79-53-31-45-9-7-10-46(29-45)37-76-62(90)40-100-58-22-27-84-64(58)68(94)82-63(42(2)86)67(93)80-54(30-43-12-16-51(98-4)17-13-43)70(96)85-26-8-23-72(85,3)71(97)75-24-21-44-11-14-47(38-77-60(88)19-20-61(89)78-41)59(32-44)99-28-6-5-25-83-39-49(33-48(69(84)95)34-57(53)87)52-35-50(73)15-18-56(52)83/h5-7,9-18,29,32,35,39,41-42,48,53-55,58,63-64,86H,8,19-28,30-31,33-34,36-38,40,74H2,1-4H3,(H,75,97)(H,76,90)(H,77,88)(H,78,89)(H,79,92)(H,80,93)(H,81,91)(H,82,94). The Labute approximate surface area is 577 Å². The number of amides is 10. The second-order valence-corrected chi connectivity index (χ2v) is 26.3. The summed E-state index contributed by atoms with van der Waals surface area (Å²) in [5, 5.41) is 33.9. The van der Waals surface area contributed by atoms with Crippen molar-refractivity contribution in [3.8, 4) is 11.5 Å². The fourth-order valence-corrected chi connectivity index (χ4v) is 13.5. The summed E-state index contributed by atoms with van der Waals surface area (Å²) in [4.78, 5) is 163. The number of methoxy groups -OCH3 is 1. The normalized spacial score (nSPS) is 26.0. The van der Waals surface area contributed by atoms with Gasteiger partial charge >= 0.3 is 0 Å². The maximum atomic E-state index is 16.0. The average molecular weight is 1380 g/mol. The molecule has 10 atom stereocenters. The van der Waals surface area contributed by atoms with Gasteiger partial charge in [0.15, 0.2) is 5.78 Å². The minimum Gasteiger partial charge on any atom is -0.497 e. The number of ether oxygens (including phenoxy) is 3. The van der Waals surface area contributed by atoms with Gasteiger partial charge in [-0.1, -0.05) is 54.6 Å². The predicted octanol–water partition coefficient (Wildman–Crippen LogP) is 0.890. The van der Waals surface area contributed by atoms with Crippen LogP contribution in [0.4, 0.5) is 4.39 Å². The molecule has 11 N–H and O–H groups in total. The van der Waals surface area contributed by atoms with Gasteiger partial charge in [-0.25, -0.2) is 4.39 Å². The number of aromatic nitrogens is 1. The zero-order valence-electron chi connectivity index (χ0n) is 56.4. The Balaban J connectivity index is 1.10. The molecule has 4 aromatic carbocycles. The summed E-state index contributed by atoms with van der Waals surface area (Å²) in [6, 6.07) is 13.9. The number of rotatable bonds is 5. The van der Waals surface area contributed by atoms with Crippen LogP contribution < -0.4 is 57.7 Å². The Hall–Kier alpha value is -10.1. The highest BCUT2D eigenvalue weighted by Gasteiger charge is 2.50. The summed E-state index contributed by atoms with van der Waals surface area (Å²) in [6.07, 6.45) is 1.38. The first-order valence-corrected chi connectivity index (χ1v) is 33.8. The van der Waals surface area contributed by atoms with Crippen molar-refractivity contribution in [2.45, 2.75) is 159 Å². The molecule has 28 heteroatoms. The minimum atomic E-state index is -1.83. The van der Waals surface area contributed by atoms with Crippen LogP contribution >= 0.6 is 0 Å². The van der Waals surface area contributed by atoms with Crippen molar-refractivity contribution in [3.63, 3.8) is 0 Å². The third-order valence-corrected chi connectivity index (χ3v) is 19.1. The summed E-state index contributed by atoms with van der Waals surface area (Å²) in [5.74, 6) is -9.33. The van der Waals surface area contributed by atoms with Gasteiger partial charge in [-0.15, -0.1) is 0 Å². The number of hydrogen-bond donors (Lipinski definition) is 10. The van der Waals surface area contributed by atoms with Gasteiger partial charge < -0.3 is 82.0 Å². The fraction of sp³-hybridized carbons (Fsp3) is 0.458. The topological polar surface area (TPSA) is 369 Å². The van der Waals surface area contributed by atoms with Crippen molar-refractivity contribution in [2.75, 3.05) is 46.5 Å². The van der Waals surface area contributed by atoms with Gasteiger partial charge in [0.05, 0.1) is 25.4 Å². The first kappa shape index (κ1) is 72.7. The van der Waals surface area contributed by atoms with Gasteiger partial charge in [-0.05, 0) is 130 Å². The Morgan fingerprint density at radius 2 is 1.48 bits per heavy atom. The molecule has 0 radical (unpaired) electrons. The summed E-state index contributed by atoms with van der Waals surface area (Å²) in [5.41, 5.74) is 8.59. The van der Waals surface area contributed by atoms with Crippen LogP contribution in [0.3, 0.4) is 0 Å². The van der Waals surface area contributed by atoms with Crippen LogP contribution in [-0.2, 0) is 103 Å². The largest absolute Gasteiger partial charge is 0.497 e. The molecule has 10 amide bonds. The first-order chi connectivity index (χ1) is 48.0. The number of carbonyl (C=O) groups excluding carboxylic acids is 11. The lowest BCUT2D eigenvalue weighted by Crippen LogP contribution is -2.63. The number of carbonyl (C=O) groups is 11. The van der Waals surface area contributed by atoms with Crippen molar-refractivity contribution in [1.82, 2.24) is 56.9 Å². The maximum Gasteiger partial charge on any atom is 0.246 e. The number of aliphatic hydroxyl groups excluding tert-OH is 1. The van der Waals surface area contributed by atoms with Gasteiger partial charge in [-0.2, -0.15) is 0 Å². The third-order valence-electron chi connectivity index (χ3n) is 19.1.